The molecule has 3 rings (SSSR count). The van der Waals surface area contributed by atoms with Gasteiger partial charge in [-0.2, -0.15) is 0 Å². The maximum absolute atomic E-state index is 12.2. The number of hydrazine groups is 2. The predicted molar refractivity (Wildman–Crippen MR) is 131 cm³/mol. The number of nitrogens with two attached hydrogens (primary N) is 2. The van der Waals surface area contributed by atoms with Crippen molar-refractivity contribution < 1.29 is 9.53 Å². The van der Waals surface area contributed by atoms with Crippen molar-refractivity contribution in [3.8, 4) is 0 Å². The van der Waals surface area contributed by atoms with E-state index in [0.717, 1.165) is 38.0 Å². The predicted octanol–water partition coefficient (Wildman–Crippen LogP) is 3.24. The molecule has 0 saturated carbocycles. The molecule has 0 aliphatic carbocycles. The van der Waals surface area contributed by atoms with Crippen LogP contribution in [0.5, 0.6) is 0 Å². The first-order valence-corrected chi connectivity index (χ1v) is 10.6. The summed E-state index contributed by atoms with van der Waals surface area (Å²) in [7, 11) is 3.38. The van der Waals surface area contributed by atoms with E-state index in [9.17, 15) is 4.79 Å². The van der Waals surface area contributed by atoms with Crippen LogP contribution in [0.4, 0.5) is 10.5 Å². The fraction of sp³-hybridized carbons (Fsp3) is 0.304. The van der Waals surface area contributed by atoms with Gasteiger partial charge in [0.05, 0.1) is 16.7 Å². The molecule has 1 aromatic heterocycles. The number of aryl methyl sites for hydroxylation is 2. The molecule has 0 spiro atoms. The van der Waals surface area contributed by atoms with E-state index < -0.39 is 6.03 Å². The highest BCUT2D eigenvalue weighted by Gasteiger charge is 2.19. The van der Waals surface area contributed by atoms with Crippen LogP contribution < -0.4 is 16.7 Å². The summed E-state index contributed by atoms with van der Waals surface area (Å²) in [6.07, 6.45) is 0.539. The zero-order chi connectivity index (χ0) is 24.1. The normalized spacial score (nSPS) is 12.2. The van der Waals surface area contributed by atoms with Gasteiger partial charge in [0.2, 0.25) is 5.90 Å². The monoisotopic (exact) mass is 450 g/mol. The van der Waals surface area contributed by atoms with E-state index >= 15 is 0 Å². The molecular formula is C23H30N8O2. The third-order valence-electron chi connectivity index (χ3n) is 5.26. The lowest BCUT2D eigenvalue weighted by Gasteiger charge is -2.24. The van der Waals surface area contributed by atoms with Crippen molar-refractivity contribution in [2.45, 2.75) is 33.8 Å². The Hall–Kier alpha value is -3.76. The molecule has 0 atom stereocenters. The van der Waals surface area contributed by atoms with E-state index in [1.807, 2.05) is 68.8 Å². The molecule has 1 heterocycles. The third-order valence-corrected chi connectivity index (χ3v) is 5.26. The molecule has 0 bridgehead atoms. The highest BCUT2D eigenvalue weighted by Crippen LogP contribution is 2.24. The van der Waals surface area contributed by atoms with Crippen LogP contribution in [-0.2, 0) is 18.4 Å². The summed E-state index contributed by atoms with van der Waals surface area (Å²) in [4.78, 5) is 16.9. The first-order chi connectivity index (χ1) is 15.7. The minimum Gasteiger partial charge on any atom is -0.475 e. The smallest absolute Gasteiger partial charge is 0.352 e. The Morgan fingerprint density at radius 1 is 1.15 bits per heavy atom. The average Bonchev–Trinajstić information content (AvgIpc) is 3.15. The third kappa shape index (κ3) is 5.18. The number of hydrogen-bond acceptors (Lipinski definition) is 7. The fourth-order valence-corrected chi connectivity index (χ4v) is 3.37. The number of amides is 2. The minimum atomic E-state index is -0.547. The lowest BCUT2D eigenvalue weighted by atomic mass is 10.1. The van der Waals surface area contributed by atoms with Crippen LogP contribution in [0.25, 0.3) is 11.0 Å². The number of urea groups is 1. The molecule has 0 aliphatic heterocycles. The molecule has 2 amide bonds. The van der Waals surface area contributed by atoms with Gasteiger partial charge in [0, 0.05) is 26.1 Å². The van der Waals surface area contributed by atoms with E-state index in [-0.39, 0.29) is 6.61 Å². The van der Waals surface area contributed by atoms with Gasteiger partial charge < -0.3 is 9.30 Å². The van der Waals surface area contributed by atoms with Gasteiger partial charge in [-0.1, -0.05) is 31.2 Å². The van der Waals surface area contributed by atoms with Crippen LogP contribution in [0, 0.1) is 6.92 Å². The lowest BCUT2D eigenvalue weighted by molar-refractivity contribution is 0.216. The van der Waals surface area contributed by atoms with Crippen LogP contribution >= 0.6 is 0 Å². The molecule has 2 aromatic carbocycles. The van der Waals surface area contributed by atoms with Crippen molar-refractivity contribution in [2.24, 2.45) is 28.9 Å². The number of para-hydroxylation sites is 2. The summed E-state index contributed by atoms with van der Waals surface area (Å²) in [5, 5.41) is 10.6. The van der Waals surface area contributed by atoms with Crippen molar-refractivity contribution in [3.63, 3.8) is 0 Å². The minimum absolute atomic E-state index is 0.171. The van der Waals surface area contributed by atoms with Gasteiger partial charge in [0.15, 0.2) is 5.82 Å². The number of aromatic nitrogens is 2. The number of fused-ring (bicyclic) bond motifs is 1. The van der Waals surface area contributed by atoms with Crippen LogP contribution in [0.15, 0.2) is 52.7 Å². The van der Waals surface area contributed by atoms with E-state index in [0.29, 0.717) is 23.7 Å². The van der Waals surface area contributed by atoms with Gasteiger partial charge in [0.1, 0.15) is 12.3 Å². The SMILES string of the molecule is CCC(=NN=C(C)c1nc2ccccc2n1C)OCc1c(C)cccc1N(N)C(=O)N(C)N. The molecule has 0 saturated heterocycles. The zero-order valence-corrected chi connectivity index (χ0v) is 19.6. The molecule has 10 heteroatoms. The Bertz CT molecular complexity index is 1210. The maximum atomic E-state index is 12.2. The quantitative estimate of drug-likeness (QED) is 0.196. The first kappa shape index (κ1) is 23.9. The molecular weight excluding hydrogens is 420 g/mol. The van der Waals surface area contributed by atoms with Crippen molar-refractivity contribution in [2.75, 3.05) is 12.1 Å². The standard InChI is InChI=1S/C23H30N8O2/c1-6-21(28-27-16(3)22-26-18-11-7-8-12-20(18)29(22)4)33-14-17-15(2)10-9-13-19(17)31(25)23(32)30(5)24/h7-13H,6,14,24-25H2,1-5H3. The Balaban J connectivity index is 1.82. The van der Waals surface area contributed by atoms with Gasteiger partial charge in [0.25, 0.3) is 0 Å². The van der Waals surface area contributed by atoms with Crippen LogP contribution in [-0.4, -0.2) is 39.2 Å². The summed E-state index contributed by atoms with van der Waals surface area (Å²) in [6, 6.07) is 12.8. The summed E-state index contributed by atoms with van der Waals surface area (Å²) in [5.41, 5.74) is 4.78. The van der Waals surface area contributed by atoms with Gasteiger partial charge in [-0.3, -0.25) is 5.01 Å². The largest absolute Gasteiger partial charge is 0.475 e. The Morgan fingerprint density at radius 3 is 2.55 bits per heavy atom. The van der Waals surface area contributed by atoms with Gasteiger partial charge in [-0.15, -0.1) is 10.2 Å². The fourth-order valence-electron chi connectivity index (χ4n) is 3.37. The molecule has 33 heavy (non-hydrogen) atoms. The summed E-state index contributed by atoms with van der Waals surface area (Å²) < 4.78 is 7.93. The number of carbonyl (C=O) groups is 1. The van der Waals surface area contributed by atoms with Crippen LogP contribution in [0.2, 0.25) is 0 Å². The number of hydrogen-bond donors (Lipinski definition) is 2. The zero-order valence-electron chi connectivity index (χ0n) is 19.6. The van der Waals surface area contributed by atoms with Crippen LogP contribution in [0.3, 0.4) is 0 Å². The van der Waals surface area contributed by atoms with Crippen molar-refractivity contribution in [1.82, 2.24) is 14.6 Å². The first-order valence-electron chi connectivity index (χ1n) is 10.6. The number of ether oxygens (including phenoxy) is 1. The number of carbonyl (C=O) groups excluding carboxylic acids is 1. The molecule has 0 unspecified atom stereocenters. The molecule has 3 aromatic rings. The number of rotatable bonds is 6. The Kier molecular flexibility index (Phi) is 7.41. The number of benzene rings is 2. The second-order valence-electron chi connectivity index (χ2n) is 7.64. The van der Waals surface area contributed by atoms with Crippen molar-refractivity contribution in [1.29, 1.82) is 0 Å². The number of imidazole rings is 1. The average molecular weight is 451 g/mol. The van der Waals surface area contributed by atoms with Crippen molar-refractivity contribution >= 4 is 34.4 Å². The Morgan fingerprint density at radius 2 is 1.88 bits per heavy atom. The highest BCUT2D eigenvalue weighted by atomic mass is 16.5. The van der Waals surface area contributed by atoms with E-state index in [1.54, 1.807) is 6.07 Å². The van der Waals surface area contributed by atoms with Gasteiger partial charge in [-0.25, -0.2) is 26.5 Å². The highest BCUT2D eigenvalue weighted by molar-refractivity contribution is 5.99. The van der Waals surface area contributed by atoms with E-state index in [4.69, 9.17) is 16.4 Å². The summed E-state index contributed by atoms with van der Waals surface area (Å²) >= 11 is 0. The number of nitrogens with zero attached hydrogens (tertiary/aromatic N) is 6. The van der Waals surface area contributed by atoms with Gasteiger partial charge in [-0.05, 0) is 37.6 Å². The molecule has 0 radical (unpaired) electrons. The maximum Gasteiger partial charge on any atom is 0.352 e. The Labute approximate surface area is 193 Å². The topological polar surface area (TPSA) is 127 Å². The molecule has 174 valence electrons. The van der Waals surface area contributed by atoms with E-state index in [1.165, 1.54) is 7.05 Å². The van der Waals surface area contributed by atoms with E-state index in [2.05, 4.69) is 15.2 Å². The van der Waals surface area contributed by atoms with Gasteiger partial charge >= 0.3 is 6.03 Å². The lowest BCUT2D eigenvalue weighted by Crippen LogP contribution is -2.49. The molecule has 0 aliphatic rings. The van der Waals surface area contributed by atoms with Crippen LogP contribution in [0.1, 0.15) is 37.2 Å². The molecule has 10 nitrogen and oxygen atoms in total. The summed E-state index contributed by atoms with van der Waals surface area (Å²) in [5.74, 6) is 12.7. The second kappa shape index (κ2) is 10.2. The molecule has 4 N–H and O–H groups in total. The number of anilines is 1. The molecule has 0 fully saturated rings. The summed E-state index contributed by atoms with van der Waals surface area (Å²) in [6.45, 7) is 5.88. The second-order valence-corrected chi connectivity index (χ2v) is 7.64. The van der Waals surface area contributed by atoms with Crippen molar-refractivity contribution in [3.05, 3.63) is 59.4 Å².